The molecule has 1 aromatic heterocycles. The minimum absolute atomic E-state index is 0.0752. The van der Waals surface area contributed by atoms with E-state index in [-0.39, 0.29) is 22.3 Å². The van der Waals surface area contributed by atoms with Crippen molar-refractivity contribution in [3.05, 3.63) is 46.4 Å². The lowest BCUT2D eigenvalue weighted by molar-refractivity contribution is -0.111. The number of thiazole rings is 1. The summed E-state index contributed by atoms with van der Waals surface area (Å²) in [7, 11) is -6.38. The molecule has 1 aliphatic heterocycles. The summed E-state index contributed by atoms with van der Waals surface area (Å²) >= 11 is 6.98. The average Bonchev–Trinajstić information content (AvgIpc) is 3.05. The Morgan fingerprint density at radius 1 is 1.24 bits per heavy atom. The minimum atomic E-state index is -3.36. The standard InChI is InChI=1S/C18H19ClN2O5S3/c1-28(23,24)14-4-2-13(3-5-14)15(10-12-6-8-29(25,26)9-7-12)17(22)21-18-20-11-16(19)27-18/h2-5,10-12H,6-9H2,1H3,(H,20,21,22)/b15-10+. The molecule has 7 nitrogen and oxygen atoms in total. The molecule has 0 saturated carbocycles. The first kappa shape index (κ1) is 21.9. The van der Waals surface area contributed by atoms with Gasteiger partial charge in [-0.3, -0.25) is 10.1 Å². The summed E-state index contributed by atoms with van der Waals surface area (Å²) in [5, 5.41) is 3.03. The second kappa shape index (κ2) is 8.55. The fraction of sp³-hybridized carbons (Fsp3) is 0.333. The van der Waals surface area contributed by atoms with Crippen LogP contribution in [-0.2, 0) is 24.5 Å². The highest BCUT2D eigenvalue weighted by molar-refractivity contribution is 7.91. The highest BCUT2D eigenvalue weighted by Crippen LogP contribution is 2.28. The number of aromatic nitrogens is 1. The van der Waals surface area contributed by atoms with Gasteiger partial charge >= 0.3 is 0 Å². The number of hydrogen-bond acceptors (Lipinski definition) is 7. The molecule has 2 heterocycles. The zero-order chi connectivity index (χ0) is 21.2. The molecule has 156 valence electrons. The van der Waals surface area contributed by atoms with Crippen LogP contribution in [0.25, 0.3) is 5.57 Å². The molecular weight excluding hydrogens is 456 g/mol. The van der Waals surface area contributed by atoms with E-state index < -0.39 is 25.6 Å². The molecule has 1 aromatic carbocycles. The summed E-state index contributed by atoms with van der Waals surface area (Å²) in [5.41, 5.74) is 0.867. The Balaban J connectivity index is 1.92. The molecule has 1 aliphatic rings. The lowest BCUT2D eigenvalue weighted by Gasteiger charge is -2.20. The van der Waals surface area contributed by atoms with E-state index in [2.05, 4.69) is 10.3 Å². The number of nitrogens with zero attached hydrogens (tertiary/aromatic N) is 1. The maximum absolute atomic E-state index is 12.9. The lowest BCUT2D eigenvalue weighted by Crippen LogP contribution is -2.23. The van der Waals surface area contributed by atoms with E-state index in [4.69, 9.17) is 11.6 Å². The van der Waals surface area contributed by atoms with Gasteiger partial charge in [0.25, 0.3) is 5.91 Å². The van der Waals surface area contributed by atoms with Gasteiger partial charge in [-0.1, -0.05) is 41.1 Å². The van der Waals surface area contributed by atoms with Crippen LogP contribution >= 0.6 is 22.9 Å². The summed E-state index contributed by atoms with van der Waals surface area (Å²) in [6.45, 7) is 0. The number of rotatable bonds is 5. The largest absolute Gasteiger partial charge is 0.298 e. The quantitative estimate of drug-likeness (QED) is 0.667. The first-order valence-corrected chi connectivity index (χ1v) is 13.6. The van der Waals surface area contributed by atoms with E-state index in [1.807, 2.05) is 0 Å². The van der Waals surface area contributed by atoms with Crippen molar-refractivity contribution in [1.29, 1.82) is 0 Å². The molecule has 1 amide bonds. The molecule has 2 aromatic rings. The van der Waals surface area contributed by atoms with Gasteiger partial charge in [-0.2, -0.15) is 0 Å². The van der Waals surface area contributed by atoms with Crippen LogP contribution in [0.4, 0.5) is 5.13 Å². The van der Waals surface area contributed by atoms with Gasteiger partial charge in [-0.15, -0.1) is 0 Å². The van der Waals surface area contributed by atoms with Crippen molar-refractivity contribution in [1.82, 2.24) is 4.98 Å². The molecule has 11 heteroatoms. The Bertz CT molecular complexity index is 1140. The highest BCUT2D eigenvalue weighted by Gasteiger charge is 2.24. The van der Waals surface area contributed by atoms with E-state index in [1.54, 1.807) is 18.2 Å². The maximum Gasteiger partial charge on any atom is 0.257 e. The second-order valence-electron chi connectivity index (χ2n) is 6.79. The minimum Gasteiger partial charge on any atom is -0.298 e. The zero-order valence-electron chi connectivity index (χ0n) is 15.5. The number of amides is 1. The lowest BCUT2D eigenvalue weighted by atomic mass is 9.95. The Kier molecular flexibility index (Phi) is 6.47. The molecule has 0 spiro atoms. The number of allylic oxidation sites excluding steroid dienone is 1. The van der Waals surface area contributed by atoms with Crippen molar-refractivity contribution in [2.75, 3.05) is 23.1 Å². The van der Waals surface area contributed by atoms with E-state index in [9.17, 15) is 21.6 Å². The molecule has 1 fully saturated rings. The number of anilines is 1. The fourth-order valence-corrected chi connectivity index (χ4v) is 5.94. The van der Waals surface area contributed by atoms with E-state index >= 15 is 0 Å². The van der Waals surface area contributed by atoms with Crippen molar-refractivity contribution in [2.24, 2.45) is 5.92 Å². The van der Waals surface area contributed by atoms with Crippen LogP contribution in [0.1, 0.15) is 18.4 Å². The van der Waals surface area contributed by atoms with Crippen molar-refractivity contribution in [3.8, 4) is 0 Å². The number of benzene rings is 1. The van der Waals surface area contributed by atoms with Gasteiger partial charge in [-0.25, -0.2) is 21.8 Å². The summed E-state index contributed by atoms with van der Waals surface area (Å²) in [6.07, 6.45) is 5.17. The smallest absolute Gasteiger partial charge is 0.257 e. The summed E-state index contributed by atoms with van der Waals surface area (Å²) in [4.78, 5) is 17.1. The van der Waals surface area contributed by atoms with Crippen molar-refractivity contribution in [2.45, 2.75) is 17.7 Å². The van der Waals surface area contributed by atoms with Crippen LogP contribution in [-0.4, -0.2) is 45.5 Å². The molecule has 0 bridgehead atoms. The molecule has 1 N–H and O–H groups in total. The van der Waals surface area contributed by atoms with Crippen LogP contribution < -0.4 is 5.32 Å². The number of hydrogen-bond donors (Lipinski definition) is 1. The third-order valence-electron chi connectivity index (χ3n) is 4.54. The first-order chi connectivity index (χ1) is 13.5. The first-order valence-electron chi connectivity index (χ1n) is 8.69. The Hall–Kier alpha value is -1.75. The van der Waals surface area contributed by atoms with Crippen molar-refractivity contribution >= 4 is 59.2 Å². The monoisotopic (exact) mass is 474 g/mol. The van der Waals surface area contributed by atoms with E-state index in [0.717, 1.165) is 17.6 Å². The van der Waals surface area contributed by atoms with Gasteiger partial charge < -0.3 is 0 Å². The van der Waals surface area contributed by atoms with E-state index in [1.165, 1.54) is 18.3 Å². The normalized spacial score (nSPS) is 17.8. The number of halogens is 1. The molecule has 1 saturated heterocycles. The molecule has 0 radical (unpaired) electrons. The van der Waals surface area contributed by atoms with Gasteiger partial charge in [0.1, 0.15) is 14.2 Å². The number of sulfone groups is 2. The second-order valence-corrected chi connectivity index (χ2v) is 12.8. The highest BCUT2D eigenvalue weighted by atomic mass is 35.5. The van der Waals surface area contributed by atoms with Crippen LogP contribution in [0.5, 0.6) is 0 Å². The topological polar surface area (TPSA) is 110 Å². The van der Waals surface area contributed by atoms with Gasteiger partial charge in [0.15, 0.2) is 15.0 Å². The zero-order valence-corrected chi connectivity index (χ0v) is 18.7. The molecule has 3 rings (SSSR count). The molecule has 29 heavy (non-hydrogen) atoms. The third kappa shape index (κ3) is 5.88. The van der Waals surface area contributed by atoms with Crippen molar-refractivity contribution < 1.29 is 21.6 Å². The van der Waals surface area contributed by atoms with Crippen molar-refractivity contribution in [3.63, 3.8) is 0 Å². The average molecular weight is 475 g/mol. The van der Waals surface area contributed by atoms with E-state index in [0.29, 0.717) is 33.4 Å². The Morgan fingerprint density at radius 3 is 2.38 bits per heavy atom. The predicted molar refractivity (Wildman–Crippen MR) is 115 cm³/mol. The molecule has 0 atom stereocenters. The van der Waals surface area contributed by atoms with Gasteiger partial charge in [-0.05, 0) is 36.5 Å². The SMILES string of the molecule is CS(=O)(=O)c1ccc(/C(=C\C2CCS(=O)(=O)CC2)C(=O)Nc2ncc(Cl)s2)cc1. The number of carbonyl (C=O) groups excluding carboxylic acids is 1. The number of nitrogens with one attached hydrogen (secondary N) is 1. The van der Waals surface area contributed by atoms with Gasteiger partial charge in [0.05, 0.1) is 22.6 Å². The van der Waals surface area contributed by atoms with Crippen LogP contribution in [0, 0.1) is 5.92 Å². The van der Waals surface area contributed by atoms with Crippen LogP contribution in [0.3, 0.4) is 0 Å². The summed E-state index contributed by atoms with van der Waals surface area (Å²) in [5.74, 6) is -0.332. The Morgan fingerprint density at radius 2 is 1.86 bits per heavy atom. The fourth-order valence-electron chi connectivity index (χ4n) is 2.97. The Labute approximate surface area is 178 Å². The molecule has 0 unspecified atom stereocenters. The van der Waals surface area contributed by atoms with Gasteiger partial charge in [0.2, 0.25) is 0 Å². The third-order valence-corrected chi connectivity index (χ3v) is 8.41. The number of carbonyl (C=O) groups is 1. The molecule has 0 aliphatic carbocycles. The van der Waals surface area contributed by atoms with Gasteiger partial charge in [0, 0.05) is 11.8 Å². The summed E-state index contributed by atoms with van der Waals surface area (Å²) in [6, 6.07) is 6.02. The van der Waals surface area contributed by atoms with Crippen LogP contribution in [0.2, 0.25) is 4.34 Å². The summed E-state index contributed by atoms with van der Waals surface area (Å²) < 4.78 is 47.2. The molecular formula is C18H19ClN2O5S3. The predicted octanol–water partition coefficient (Wildman–Crippen LogP) is 3.05. The maximum atomic E-state index is 12.9. The van der Waals surface area contributed by atoms with Crippen LogP contribution in [0.15, 0.2) is 41.4 Å².